The van der Waals surface area contributed by atoms with E-state index in [4.69, 9.17) is 4.74 Å². The summed E-state index contributed by atoms with van der Waals surface area (Å²) in [6, 6.07) is 12.0. The van der Waals surface area contributed by atoms with E-state index in [-0.39, 0.29) is 17.8 Å². The number of aromatic carboxylic acids is 1. The number of amides is 1. The Bertz CT molecular complexity index is 1270. The van der Waals surface area contributed by atoms with Crippen molar-refractivity contribution in [3.63, 3.8) is 0 Å². The number of ether oxygens (including phenoxy) is 1. The highest BCUT2D eigenvalue weighted by Gasteiger charge is 2.41. The lowest BCUT2D eigenvalue weighted by Gasteiger charge is -2.45. The van der Waals surface area contributed by atoms with Gasteiger partial charge < -0.3 is 19.8 Å². The van der Waals surface area contributed by atoms with E-state index in [0.29, 0.717) is 25.1 Å². The summed E-state index contributed by atoms with van der Waals surface area (Å²) in [5, 5.41) is 20.9. The summed E-state index contributed by atoms with van der Waals surface area (Å²) in [6.07, 6.45) is -1.03. The van der Waals surface area contributed by atoms with Crippen LogP contribution in [0.3, 0.4) is 0 Å². The summed E-state index contributed by atoms with van der Waals surface area (Å²) in [4.78, 5) is 40.2. The van der Waals surface area contributed by atoms with Crippen molar-refractivity contribution in [1.29, 1.82) is 0 Å². The number of carbonyl (C=O) groups is 2. The fraction of sp³-hybridized carbons (Fsp3) is 0.448. The quantitative estimate of drug-likeness (QED) is 0.606. The maximum atomic E-state index is 13.2. The van der Waals surface area contributed by atoms with Gasteiger partial charge in [-0.05, 0) is 56.0 Å². The molecule has 8 nitrogen and oxygen atoms in total. The van der Waals surface area contributed by atoms with Crippen LogP contribution < -0.4 is 0 Å². The zero-order valence-corrected chi connectivity index (χ0v) is 21.9. The number of hydrogen-bond donors (Lipinski definition) is 2. The first-order valence-corrected chi connectivity index (χ1v) is 12.4. The van der Waals surface area contributed by atoms with Gasteiger partial charge in [0.2, 0.25) is 0 Å². The van der Waals surface area contributed by atoms with Crippen molar-refractivity contribution in [3.05, 3.63) is 70.3 Å². The van der Waals surface area contributed by atoms with Gasteiger partial charge in [-0.2, -0.15) is 0 Å². The zero-order chi connectivity index (χ0) is 27.1. The molecule has 2 aromatic rings. The van der Waals surface area contributed by atoms with E-state index < -0.39 is 35.2 Å². The molecule has 0 unspecified atom stereocenters. The number of carbonyl (C=O) groups excluding carboxylic acids is 2. The smallest absolute Gasteiger partial charge is 0.410 e. The molecule has 1 amide bonds. The van der Waals surface area contributed by atoms with Crippen LogP contribution in [-0.2, 0) is 27.9 Å². The van der Waals surface area contributed by atoms with Crippen molar-refractivity contribution in [1.82, 2.24) is 9.80 Å². The number of fused-ring (bicyclic) bond motifs is 2. The van der Waals surface area contributed by atoms with Gasteiger partial charge in [-0.1, -0.05) is 44.2 Å². The largest absolute Gasteiger partial charge is 0.478 e. The predicted octanol–water partition coefficient (Wildman–Crippen LogP) is 3.87. The van der Waals surface area contributed by atoms with Gasteiger partial charge in [-0.25, -0.2) is 14.4 Å². The molecular formula is C29H34N2O6. The Hall–Kier alpha value is -3.61. The molecule has 0 saturated heterocycles. The topological polar surface area (TPSA) is 107 Å². The van der Waals surface area contributed by atoms with Gasteiger partial charge in [0, 0.05) is 30.6 Å². The molecule has 8 heteroatoms. The third-order valence-electron chi connectivity index (χ3n) is 7.02. The number of carboxylic acids is 1. The van der Waals surface area contributed by atoms with E-state index in [1.165, 1.54) is 6.07 Å². The van der Waals surface area contributed by atoms with E-state index in [9.17, 15) is 24.6 Å². The van der Waals surface area contributed by atoms with E-state index >= 15 is 0 Å². The Morgan fingerprint density at radius 2 is 1.84 bits per heavy atom. The molecule has 2 heterocycles. The minimum Gasteiger partial charge on any atom is -0.478 e. The fourth-order valence-corrected chi connectivity index (χ4v) is 5.29. The van der Waals surface area contributed by atoms with Crippen molar-refractivity contribution < 1.29 is 29.3 Å². The molecule has 2 aromatic carbocycles. The maximum Gasteiger partial charge on any atom is 0.410 e. The molecular weight excluding hydrogens is 472 g/mol. The summed E-state index contributed by atoms with van der Waals surface area (Å²) >= 11 is 0. The van der Waals surface area contributed by atoms with Crippen LogP contribution in [0.1, 0.15) is 67.2 Å². The third kappa shape index (κ3) is 5.41. The van der Waals surface area contributed by atoms with Gasteiger partial charge in [-0.15, -0.1) is 0 Å². The van der Waals surface area contributed by atoms with Gasteiger partial charge in [0.05, 0.1) is 17.7 Å². The van der Waals surface area contributed by atoms with Crippen LogP contribution in [0.5, 0.6) is 0 Å². The van der Waals surface area contributed by atoms with E-state index in [0.717, 1.165) is 16.7 Å². The Kier molecular flexibility index (Phi) is 6.93. The highest BCUT2D eigenvalue weighted by atomic mass is 16.6. The lowest BCUT2D eigenvalue weighted by molar-refractivity contribution is -0.0168. The van der Waals surface area contributed by atoms with Crippen molar-refractivity contribution in [3.8, 4) is 0 Å². The van der Waals surface area contributed by atoms with E-state index in [1.54, 1.807) is 42.7 Å². The van der Waals surface area contributed by atoms with Crippen LogP contribution in [0.2, 0.25) is 0 Å². The number of hydrogen-bond acceptors (Lipinski definition) is 6. The number of nitrogens with zero attached hydrogens (tertiary/aromatic N) is 2. The maximum absolute atomic E-state index is 13.2. The second kappa shape index (κ2) is 9.69. The summed E-state index contributed by atoms with van der Waals surface area (Å²) < 4.78 is 5.66. The Morgan fingerprint density at radius 1 is 1.16 bits per heavy atom. The minimum absolute atomic E-state index is 0.0975. The predicted molar refractivity (Wildman–Crippen MR) is 139 cm³/mol. The number of β-amino-alcohol motifs (C(OH)–C–C–N with tert-alkyl or cyclic N) is 1. The van der Waals surface area contributed by atoms with Crippen LogP contribution in [0.4, 0.5) is 4.79 Å². The lowest BCUT2D eigenvalue weighted by Crippen LogP contribution is -2.55. The highest BCUT2D eigenvalue weighted by molar-refractivity contribution is 5.92. The van der Waals surface area contributed by atoms with Crippen molar-refractivity contribution in [2.24, 2.45) is 0 Å². The average Bonchev–Trinajstić information content (AvgIpc) is 2.81. The Labute approximate surface area is 217 Å². The lowest BCUT2D eigenvalue weighted by atomic mass is 9.76. The molecule has 2 N–H and O–H groups in total. The number of benzene rings is 2. The van der Waals surface area contributed by atoms with Crippen LogP contribution in [0, 0.1) is 0 Å². The highest BCUT2D eigenvalue weighted by Crippen LogP contribution is 2.39. The van der Waals surface area contributed by atoms with Gasteiger partial charge in [0.1, 0.15) is 11.3 Å². The second-order valence-electron chi connectivity index (χ2n) is 11.5. The molecule has 0 bridgehead atoms. The number of carboxylic acid groups (broad SMARTS) is 1. The first kappa shape index (κ1) is 26.5. The zero-order valence-electron chi connectivity index (χ0n) is 21.9. The van der Waals surface area contributed by atoms with Crippen molar-refractivity contribution in [2.75, 3.05) is 13.1 Å². The first-order chi connectivity index (χ1) is 17.3. The normalized spacial score (nSPS) is 19.4. The summed E-state index contributed by atoms with van der Waals surface area (Å²) in [7, 11) is 0. The third-order valence-corrected chi connectivity index (χ3v) is 7.02. The van der Waals surface area contributed by atoms with Gasteiger partial charge in [0.15, 0.2) is 5.94 Å². The summed E-state index contributed by atoms with van der Waals surface area (Å²) in [6.45, 7) is 10.1. The monoisotopic (exact) mass is 506 g/mol. The molecule has 0 saturated carbocycles. The SMILES string of the molecule is CC(C)(C)OC(=O)N1Cc2ccccc2C[C@H]1[C@H](O)CN1CC(C)(C)c2cc(C(=O)O)ccc2C1=C=O. The summed E-state index contributed by atoms with van der Waals surface area (Å²) in [5.41, 5.74) is 2.65. The molecule has 37 heavy (non-hydrogen) atoms. The fourth-order valence-electron chi connectivity index (χ4n) is 5.29. The van der Waals surface area contributed by atoms with Gasteiger partial charge >= 0.3 is 12.1 Å². The minimum atomic E-state index is -1.03. The molecule has 0 aliphatic carbocycles. The molecule has 2 aliphatic heterocycles. The van der Waals surface area contributed by atoms with Crippen LogP contribution in [0.15, 0.2) is 42.5 Å². The second-order valence-corrected chi connectivity index (χ2v) is 11.5. The average molecular weight is 507 g/mol. The molecule has 0 spiro atoms. The van der Waals surface area contributed by atoms with Crippen LogP contribution in [-0.4, -0.2) is 68.9 Å². The van der Waals surface area contributed by atoms with Crippen molar-refractivity contribution in [2.45, 2.75) is 70.7 Å². The summed E-state index contributed by atoms with van der Waals surface area (Å²) in [5.74, 6) is 0.980. The number of aliphatic hydroxyl groups is 1. The van der Waals surface area contributed by atoms with Gasteiger partial charge in [0.25, 0.3) is 0 Å². The Morgan fingerprint density at radius 3 is 2.46 bits per heavy atom. The van der Waals surface area contributed by atoms with Gasteiger partial charge in [-0.3, -0.25) is 4.90 Å². The molecule has 0 fully saturated rings. The molecule has 4 rings (SSSR count). The molecule has 0 aromatic heterocycles. The van der Waals surface area contributed by atoms with E-state index in [2.05, 4.69) is 0 Å². The van der Waals surface area contributed by atoms with Crippen LogP contribution in [0.25, 0.3) is 5.70 Å². The van der Waals surface area contributed by atoms with E-state index in [1.807, 2.05) is 44.1 Å². The molecule has 0 radical (unpaired) electrons. The number of aliphatic hydroxyl groups excluding tert-OH is 1. The standard InChI is InChI=1S/C29H34N2O6/c1-28(2,3)37-27(36)31-14-20-9-7-6-8-18(20)13-23(31)25(33)15-30-17-29(4,5)22-12-19(26(34)35)10-11-21(22)24(30)16-32/h6-12,23,25,33H,13-15,17H2,1-5H3,(H,34,35)/t23-,25+/m0/s1. The first-order valence-electron chi connectivity index (χ1n) is 12.4. The molecule has 2 atom stereocenters. The molecule has 196 valence electrons. The molecule has 2 aliphatic rings. The number of rotatable bonds is 4. The Balaban J connectivity index is 1.64. The van der Waals surface area contributed by atoms with Crippen molar-refractivity contribution >= 4 is 23.7 Å². The van der Waals surface area contributed by atoms with Crippen LogP contribution >= 0.6 is 0 Å².